The molecule has 0 N–H and O–H groups in total. The van der Waals surface area contributed by atoms with Crippen LogP contribution in [0, 0.1) is 5.82 Å². The summed E-state index contributed by atoms with van der Waals surface area (Å²) < 4.78 is 32.1. The molecule has 2 aromatic heterocycles. The molecule has 0 spiro atoms. The minimum absolute atomic E-state index is 0.204. The number of aryl methyl sites for hydroxylation is 1. The van der Waals surface area contributed by atoms with Crippen molar-refractivity contribution in [3.05, 3.63) is 85.8 Å². The second-order valence-corrected chi connectivity index (χ2v) is 8.51. The van der Waals surface area contributed by atoms with E-state index in [9.17, 15) is 14.0 Å². The van der Waals surface area contributed by atoms with Crippen molar-refractivity contribution in [1.29, 1.82) is 0 Å². The van der Waals surface area contributed by atoms with Gasteiger partial charge in [0, 0.05) is 36.5 Å². The van der Waals surface area contributed by atoms with Gasteiger partial charge in [-0.3, -0.25) is 9.47 Å². The smallest absolute Gasteiger partial charge is 0.337 e. The van der Waals surface area contributed by atoms with Crippen LogP contribution in [0.5, 0.6) is 0 Å². The Bertz CT molecular complexity index is 1480. The quantitative estimate of drug-likeness (QED) is 0.420. The van der Waals surface area contributed by atoms with Crippen molar-refractivity contribution in [2.75, 3.05) is 32.8 Å². The highest BCUT2D eigenvalue weighted by atomic mass is 35.5. The summed E-state index contributed by atoms with van der Waals surface area (Å²) in [6.07, 6.45) is 1.31. The first-order valence-electron chi connectivity index (χ1n) is 11.0. The first-order valence-corrected chi connectivity index (χ1v) is 11.4. The molecule has 176 valence electrons. The Morgan fingerprint density at radius 3 is 2.35 bits per heavy atom. The minimum Gasteiger partial charge on any atom is -0.421 e. The molecule has 3 heterocycles. The van der Waals surface area contributed by atoms with Crippen molar-refractivity contribution >= 4 is 33.8 Å². The Morgan fingerprint density at radius 2 is 1.62 bits per heavy atom. The largest absolute Gasteiger partial charge is 0.421 e. The second kappa shape index (κ2) is 9.58. The van der Waals surface area contributed by atoms with Crippen molar-refractivity contribution in [2.45, 2.75) is 12.8 Å². The third kappa shape index (κ3) is 4.44. The van der Waals surface area contributed by atoms with Crippen molar-refractivity contribution in [3.8, 4) is 5.69 Å². The van der Waals surface area contributed by atoms with Crippen LogP contribution in [0.25, 0.3) is 27.9 Å². The van der Waals surface area contributed by atoms with Gasteiger partial charge in [0.1, 0.15) is 5.82 Å². The molecular formula is C25H22ClFN2O5. The van der Waals surface area contributed by atoms with Gasteiger partial charge in [0.05, 0.1) is 29.1 Å². The van der Waals surface area contributed by atoms with Gasteiger partial charge in [-0.15, -0.1) is 0 Å². The molecule has 0 radical (unpaired) electrons. The van der Waals surface area contributed by atoms with Crippen LogP contribution in [0.4, 0.5) is 4.39 Å². The van der Waals surface area contributed by atoms with Gasteiger partial charge in [0.15, 0.2) is 5.58 Å². The van der Waals surface area contributed by atoms with Crippen LogP contribution >= 0.6 is 11.6 Å². The number of hydrogen-bond acceptors (Lipinski definition) is 6. The lowest BCUT2D eigenvalue weighted by Gasteiger charge is -2.26. The van der Waals surface area contributed by atoms with Gasteiger partial charge in [-0.05, 0) is 55.8 Å². The van der Waals surface area contributed by atoms with Crippen molar-refractivity contribution in [2.24, 2.45) is 0 Å². The number of hydrogen-bond donors (Lipinski definition) is 0. The maximum absolute atomic E-state index is 13.7. The standard InChI is InChI=1S/C25H22ClFN2O5/c26-19-7-8-20-23-18(2-1-11-28-12-14-32-15-13-28)25(29(20)17-5-3-16(27)4-6-17)34-22(31)10-9-21(30)33-24(19)23/h3-10H,1-2,11-15H2. The van der Waals surface area contributed by atoms with Gasteiger partial charge in [-0.1, -0.05) is 11.6 Å². The number of aromatic nitrogens is 1. The van der Waals surface area contributed by atoms with Crippen molar-refractivity contribution in [1.82, 2.24) is 9.47 Å². The number of morpholine rings is 1. The molecule has 1 aliphatic rings. The van der Waals surface area contributed by atoms with E-state index in [-0.39, 0.29) is 16.4 Å². The Labute approximate surface area is 198 Å². The number of benzene rings is 2. The highest BCUT2D eigenvalue weighted by Crippen LogP contribution is 2.36. The number of nitrogens with zero attached hydrogens (tertiary/aromatic N) is 2. The Morgan fingerprint density at radius 1 is 0.912 bits per heavy atom. The molecule has 0 unspecified atom stereocenters. The predicted octanol–water partition coefficient (Wildman–Crippen LogP) is 4.31. The number of halogens is 2. The first-order chi connectivity index (χ1) is 16.5. The number of ether oxygens (including phenoxy) is 1. The summed E-state index contributed by atoms with van der Waals surface area (Å²) in [5, 5.41) is 0.851. The Balaban J connectivity index is 1.77. The summed E-state index contributed by atoms with van der Waals surface area (Å²) in [5.41, 5.74) is 0.966. The average Bonchev–Trinajstić information content (AvgIpc) is 3.13. The zero-order chi connectivity index (χ0) is 23.7. The van der Waals surface area contributed by atoms with Crippen LogP contribution in [0.3, 0.4) is 0 Å². The predicted molar refractivity (Wildman–Crippen MR) is 127 cm³/mol. The van der Waals surface area contributed by atoms with E-state index in [1.165, 1.54) is 12.1 Å². The molecule has 1 saturated heterocycles. The molecule has 5 rings (SSSR count). The molecule has 1 aliphatic heterocycles. The third-order valence-corrected chi connectivity index (χ3v) is 6.23. The van der Waals surface area contributed by atoms with E-state index in [2.05, 4.69) is 4.90 Å². The van der Waals surface area contributed by atoms with Gasteiger partial charge >= 0.3 is 11.3 Å². The number of rotatable bonds is 5. The molecular weight excluding hydrogens is 463 g/mol. The van der Waals surface area contributed by atoms with Gasteiger partial charge in [-0.2, -0.15) is 0 Å². The normalized spacial score (nSPS) is 14.6. The van der Waals surface area contributed by atoms with Crippen molar-refractivity contribution in [3.63, 3.8) is 0 Å². The fourth-order valence-corrected chi connectivity index (χ4v) is 4.56. The van der Waals surface area contributed by atoms with E-state index in [0.717, 1.165) is 38.2 Å². The van der Waals surface area contributed by atoms with Crippen LogP contribution in [-0.4, -0.2) is 42.3 Å². The van der Waals surface area contributed by atoms with E-state index >= 15 is 0 Å². The van der Waals surface area contributed by atoms with E-state index < -0.39 is 11.3 Å². The maximum Gasteiger partial charge on any atom is 0.337 e. The Kier molecular flexibility index (Phi) is 6.36. The second-order valence-electron chi connectivity index (χ2n) is 8.10. The van der Waals surface area contributed by atoms with E-state index in [0.29, 0.717) is 47.5 Å². The highest BCUT2D eigenvalue weighted by Gasteiger charge is 2.22. The summed E-state index contributed by atoms with van der Waals surface area (Å²) in [6, 6.07) is 11.3. The van der Waals surface area contributed by atoms with Crippen LogP contribution in [0.1, 0.15) is 12.0 Å². The van der Waals surface area contributed by atoms with Gasteiger partial charge in [-0.25, -0.2) is 14.0 Å². The first kappa shape index (κ1) is 22.6. The van der Waals surface area contributed by atoms with Gasteiger partial charge in [0.25, 0.3) is 0 Å². The molecule has 7 nitrogen and oxygen atoms in total. The zero-order valence-electron chi connectivity index (χ0n) is 18.3. The molecule has 4 aromatic rings. The fourth-order valence-electron chi connectivity index (χ4n) is 4.37. The van der Waals surface area contributed by atoms with Gasteiger partial charge in [0.2, 0.25) is 5.71 Å². The van der Waals surface area contributed by atoms with Crippen LogP contribution in [0.2, 0.25) is 5.02 Å². The molecule has 0 saturated carbocycles. The average molecular weight is 485 g/mol. The zero-order valence-corrected chi connectivity index (χ0v) is 19.0. The lowest BCUT2D eigenvalue weighted by Crippen LogP contribution is -2.36. The monoisotopic (exact) mass is 484 g/mol. The van der Waals surface area contributed by atoms with Crippen LogP contribution in [0.15, 0.2) is 67.0 Å². The van der Waals surface area contributed by atoms with E-state index in [1.54, 1.807) is 28.8 Å². The van der Waals surface area contributed by atoms with Crippen molar-refractivity contribution < 1.29 is 18.0 Å². The highest BCUT2D eigenvalue weighted by molar-refractivity contribution is 6.35. The minimum atomic E-state index is -0.733. The van der Waals surface area contributed by atoms with E-state index in [1.807, 2.05) is 0 Å². The summed E-state index contributed by atoms with van der Waals surface area (Å²) >= 11 is 6.46. The summed E-state index contributed by atoms with van der Waals surface area (Å²) in [4.78, 5) is 27.2. The molecule has 0 amide bonds. The lowest BCUT2D eigenvalue weighted by atomic mass is 10.1. The topological polar surface area (TPSA) is 77.8 Å². The van der Waals surface area contributed by atoms with Crippen LogP contribution in [-0.2, 0) is 11.2 Å². The summed E-state index contributed by atoms with van der Waals surface area (Å²) in [6.45, 7) is 3.95. The van der Waals surface area contributed by atoms with Crippen LogP contribution < -0.4 is 11.3 Å². The maximum atomic E-state index is 13.7. The Hall–Kier alpha value is -3.20. The molecule has 9 heteroatoms. The number of fused-ring (bicyclic) bond motifs is 1. The molecule has 2 aromatic carbocycles. The molecule has 0 atom stereocenters. The van der Waals surface area contributed by atoms with Gasteiger partial charge < -0.3 is 13.6 Å². The summed E-state index contributed by atoms with van der Waals surface area (Å²) in [7, 11) is 0. The molecule has 1 fully saturated rings. The molecule has 34 heavy (non-hydrogen) atoms. The molecule has 2 bridgehead atoms. The third-order valence-electron chi connectivity index (χ3n) is 5.94. The molecule has 0 aliphatic carbocycles. The van der Waals surface area contributed by atoms with E-state index in [4.69, 9.17) is 25.2 Å². The fraction of sp³-hybridized carbons (Fsp3) is 0.280. The lowest BCUT2D eigenvalue weighted by molar-refractivity contribution is 0.0375. The summed E-state index contributed by atoms with van der Waals surface area (Å²) in [5.74, 6) is -0.386. The SMILES string of the molecule is O=c1ccc(=O)oc2c(CCCN3CCOCC3)c3c(o1)c(Cl)ccc3n2-c1ccc(F)cc1.